The van der Waals surface area contributed by atoms with Crippen molar-refractivity contribution in [1.29, 1.82) is 0 Å². The Labute approximate surface area is 175 Å². The van der Waals surface area contributed by atoms with Crippen molar-refractivity contribution in [3.8, 4) is 11.1 Å². The second-order valence-corrected chi connectivity index (χ2v) is 8.85. The van der Waals surface area contributed by atoms with Gasteiger partial charge in [-0.1, -0.05) is 36.4 Å². The lowest BCUT2D eigenvalue weighted by molar-refractivity contribution is -0.124. The fourth-order valence-electron chi connectivity index (χ4n) is 3.06. The molecule has 0 aliphatic rings. The molecule has 0 aliphatic heterocycles. The number of rotatable bonds is 7. The molecule has 0 radical (unpaired) electrons. The van der Waals surface area contributed by atoms with E-state index in [2.05, 4.69) is 11.0 Å². The number of hydrogen-bond acceptors (Lipinski definition) is 5. The van der Waals surface area contributed by atoms with Crippen molar-refractivity contribution in [2.75, 3.05) is 14.1 Å². The Bertz CT molecular complexity index is 1160. The van der Waals surface area contributed by atoms with Gasteiger partial charge in [-0.3, -0.25) is 10.0 Å². The molecule has 1 heterocycles. The van der Waals surface area contributed by atoms with Gasteiger partial charge in [0.1, 0.15) is 0 Å². The van der Waals surface area contributed by atoms with E-state index in [-0.39, 0.29) is 4.90 Å². The fraction of sp³-hybridized carbons (Fsp3) is 0.136. The molecule has 1 aromatic heterocycles. The molecule has 8 heteroatoms. The summed E-state index contributed by atoms with van der Waals surface area (Å²) in [5.74, 6) is -0.698. The molecule has 3 rings (SSSR count). The first-order chi connectivity index (χ1) is 14.3. The zero-order valence-corrected chi connectivity index (χ0v) is 17.5. The maximum absolute atomic E-state index is 12.9. The highest BCUT2D eigenvalue weighted by Crippen LogP contribution is 2.26. The molecular formula is C22H23N3O4S. The van der Waals surface area contributed by atoms with Crippen LogP contribution in [0.4, 0.5) is 0 Å². The highest BCUT2D eigenvalue weighted by molar-refractivity contribution is 7.90. The lowest BCUT2D eigenvalue weighted by Gasteiger charge is -2.14. The van der Waals surface area contributed by atoms with Crippen molar-refractivity contribution in [2.24, 2.45) is 0 Å². The zero-order chi connectivity index (χ0) is 21.7. The number of nitrogens with zero attached hydrogens (tertiary/aromatic N) is 2. The van der Waals surface area contributed by atoms with Crippen LogP contribution in [-0.4, -0.2) is 42.5 Å². The van der Waals surface area contributed by atoms with Gasteiger partial charge in [-0.15, -0.1) is 0 Å². The first-order valence-electron chi connectivity index (χ1n) is 9.20. The lowest BCUT2D eigenvalue weighted by atomic mass is 9.99. The molecule has 30 heavy (non-hydrogen) atoms. The van der Waals surface area contributed by atoms with Gasteiger partial charge >= 0.3 is 0 Å². The SMILES string of the molecule is CN(C)Cc1ccccc1-c1ccc(S(=O)(=O)n2ccc(/C=C/C(=O)NO)c2)cc1. The van der Waals surface area contributed by atoms with E-state index in [4.69, 9.17) is 5.21 Å². The van der Waals surface area contributed by atoms with Crippen molar-refractivity contribution in [3.05, 3.63) is 84.2 Å². The Morgan fingerprint density at radius 1 is 1.10 bits per heavy atom. The molecule has 0 spiro atoms. The number of benzene rings is 2. The van der Waals surface area contributed by atoms with Crippen LogP contribution in [0, 0.1) is 0 Å². The number of hydrogen-bond donors (Lipinski definition) is 2. The minimum atomic E-state index is -3.77. The third-order valence-electron chi connectivity index (χ3n) is 4.47. The number of aromatic nitrogens is 1. The summed E-state index contributed by atoms with van der Waals surface area (Å²) in [5.41, 5.74) is 5.15. The second kappa shape index (κ2) is 9.08. The molecule has 0 bridgehead atoms. The topological polar surface area (TPSA) is 91.6 Å². The predicted octanol–water partition coefficient (Wildman–Crippen LogP) is 2.97. The third kappa shape index (κ3) is 4.85. The largest absolute Gasteiger partial charge is 0.305 e. The minimum absolute atomic E-state index is 0.163. The van der Waals surface area contributed by atoms with Gasteiger partial charge in [0.2, 0.25) is 0 Å². The standard InChI is InChI=1S/C22H23N3O4S/c1-24(2)16-19-5-3-4-6-21(19)18-8-10-20(11-9-18)30(28,29)25-14-13-17(15-25)7-12-22(26)23-27/h3-15,27H,16H2,1-2H3,(H,23,26)/b12-7+. The van der Waals surface area contributed by atoms with E-state index in [1.807, 2.05) is 32.3 Å². The Balaban J connectivity index is 1.87. The second-order valence-electron chi connectivity index (χ2n) is 7.01. The Hall–Kier alpha value is -3.20. The Morgan fingerprint density at radius 3 is 2.47 bits per heavy atom. The van der Waals surface area contributed by atoms with Crippen molar-refractivity contribution >= 4 is 22.0 Å². The van der Waals surface area contributed by atoms with E-state index in [9.17, 15) is 13.2 Å². The molecule has 7 nitrogen and oxygen atoms in total. The third-order valence-corrected chi connectivity index (χ3v) is 6.12. The zero-order valence-electron chi connectivity index (χ0n) is 16.7. The summed E-state index contributed by atoms with van der Waals surface area (Å²) in [5, 5.41) is 8.51. The van der Waals surface area contributed by atoms with Crippen LogP contribution < -0.4 is 5.48 Å². The van der Waals surface area contributed by atoms with E-state index >= 15 is 0 Å². The van der Waals surface area contributed by atoms with E-state index < -0.39 is 15.9 Å². The molecule has 0 atom stereocenters. The van der Waals surface area contributed by atoms with Crippen LogP contribution in [0.3, 0.4) is 0 Å². The first kappa shape index (κ1) is 21.5. The van der Waals surface area contributed by atoms with E-state index in [1.165, 1.54) is 23.9 Å². The minimum Gasteiger partial charge on any atom is -0.305 e. The average Bonchev–Trinajstić information content (AvgIpc) is 3.22. The molecular weight excluding hydrogens is 402 g/mol. The number of carbonyl (C=O) groups excluding carboxylic acids is 1. The molecule has 3 aromatic rings. The van der Waals surface area contributed by atoms with Crippen molar-refractivity contribution in [2.45, 2.75) is 11.4 Å². The fourth-order valence-corrected chi connectivity index (χ4v) is 4.26. The number of amides is 1. The summed E-state index contributed by atoms with van der Waals surface area (Å²) < 4.78 is 26.9. The normalized spacial score (nSPS) is 11.9. The number of carbonyl (C=O) groups is 1. The molecule has 1 amide bonds. The highest BCUT2D eigenvalue weighted by atomic mass is 32.2. The summed E-state index contributed by atoms with van der Waals surface area (Å²) >= 11 is 0. The summed E-state index contributed by atoms with van der Waals surface area (Å²) in [7, 11) is 0.241. The summed E-state index contributed by atoms with van der Waals surface area (Å²) in [4.78, 5) is 13.3. The van der Waals surface area contributed by atoms with Gasteiger partial charge in [0.15, 0.2) is 0 Å². The van der Waals surface area contributed by atoms with Crippen LogP contribution in [0.25, 0.3) is 17.2 Å². The van der Waals surface area contributed by atoms with Crippen molar-refractivity contribution in [3.63, 3.8) is 0 Å². The number of nitrogens with one attached hydrogen (secondary N) is 1. The van der Waals surface area contributed by atoms with Gasteiger partial charge < -0.3 is 4.90 Å². The van der Waals surface area contributed by atoms with Crippen molar-refractivity contribution < 1.29 is 18.4 Å². The van der Waals surface area contributed by atoms with Crippen LogP contribution >= 0.6 is 0 Å². The van der Waals surface area contributed by atoms with Crippen LogP contribution in [-0.2, 0) is 21.4 Å². The summed E-state index contributed by atoms with van der Waals surface area (Å²) in [6.45, 7) is 0.782. The Morgan fingerprint density at radius 2 is 1.80 bits per heavy atom. The van der Waals surface area contributed by atoms with E-state index in [1.54, 1.807) is 30.3 Å². The molecule has 0 saturated heterocycles. The van der Waals surface area contributed by atoms with Gasteiger partial charge in [-0.25, -0.2) is 17.9 Å². The van der Waals surface area contributed by atoms with Crippen molar-refractivity contribution in [1.82, 2.24) is 14.4 Å². The molecule has 156 valence electrons. The molecule has 0 unspecified atom stereocenters. The van der Waals surface area contributed by atoms with Crippen LogP contribution in [0.15, 0.2) is 78.0 Å². The van der Waals surface area contributed by atoms with Crippen LogP contribution in [0.1, 0.15) is 11.1 Å². The smallest absolute Gasteiger partial charge is 0.267 e. The summed E-state index contributed by atoms with van der Waals surface area (Å²) in [6.07, 6.45) is 5.32. The summed E-state index contributed by atoms with van der Waals surface area (Å²) in [6, 6.07) is 16.4. The predicted molar refractivity (Wildman–Crippen MR) is 115 cm³/mol. The molecule has 0 aliphatic carbocycles. The first-order valence-corrected chi connectivity index (χ1v) is 10.6. The molecule has 0 fully saturated rings. The molecule has 2 N–H and O–H groups in total. The Kier molecular flexibility index (Phi) is 6.51. The van der Waals surface area contributed by atoms with Crippen LogP contribution in [0.5, 0.6) is 0 Å². The highest BCUT2D eigenvalue weighted by Gasteiger charge is 2.17. The molecule has 0 saturated carbocycles. The van der Waals surface area contributed by atoms with E-state index in [0.29, 0.717) is 5.56 Å². The van der Waals surface area contributed by atoms with Gasteiger partial charge in [-0.05, 0) is 60.6 Å². The van der Waals surface area contributed by atoms with E-state index in [0.717, 1.165) is 33.3 Å². The number of hydroxylamine groups is 1. The monoisotopic (exact) mass is 425 g/mol. The average molecular weight is 426 g/mol. The maximum Gasteiger partial charge on any atom is 0.267 e. The quantitative estimate of drug-likeness (QED) is 0.345. The van der Waals surface area contributed by atoms with Crippen LogP contribution in [0.2, 0.25) is 0 Å². The maximum atomic E-state index is 12.9. The van der Waals surface area contributed by atoms with Gasteiger partial charge in [0.05, 0.1) is 4.90 Å². The van der Waals surface area contributed by atoms with Gasteiger partial charge in [-0.2, -0.15) is 0 Å². The van der Waals surface area contributed by atoms with Gasteiger partial charge in [0, 0.05) is 25.0 Å². The van der Waals surface area contributed by atoms with Gasteiger partial charge in [0.25, 0.3) is 15.9 Å². The lowest BCUT2D eigenvalue weighted by Crippen LogP contribution is -2.14. The molecule has 2 aromatic carbocycles.